The average Bonchev–Trinajstić information content (AvgIpc) is 2.74. The van der Waals surface area contributed by atoms with E-state index in [0.717, 1.165) is 24.9 Å². The Morgan fingerprint density at radius 3 is 3.24 bits per heavy atom. The lowest BCUT2D eigenvalue weighted by Gasteiger charge is -2.29. The fourth-order valence-corrected chi connectivity index (χ4v) is 3.83. The minimum absolute atomic E-state index is 0.767. The number of aromatic nitrogens is 1. The molecule has 1 aromatic rings. The molecule has 96 valence electrons. The van der Waals surface area contributed by atoms with E-state index >= 15 is 0 Å². The molecule has 0 saturated carbocycles. The summed E-state index contributed by atoms with van der Waals surface area (Å²) in [6.07, 6.45) is 0. The Balaban J connectivity index is 1.83. The molecule has 3 nitrogen and oxygen atoms in total. The lowest BCUT2D eigenvalue weighted by Crippen LogP contribution is -2.36. The third-order valence-electron chi connectivity index (χ3n) is 2.84. The van der Waals surface area contributed by atoms with Gasteiger partial charge in [-0.15, -0.1) is 11.3 Å². The second kappa shape index (κ2) is 6.73. The molecule has 2 rings (SSSR count). The fourth-order valence-electron chi connectivity index (χ4n) is 2.00. The van der Waals surface area contributed by atoms with Gasteiger partial charge in [0.25, 0.3) is 0 Å². The van der Waals surface area contributed by atoms with Gasteiger partial charge in [-0.25, -0.2) is 4.98 Å². The van der Waals surface area contributed by atoms with Crippen molar-refractivity contribution in [3.8, 4) is 0 Å². The molecule has 1 aliphatic heterocycles. The Labute approximate surface area is 112 Å². The van der Waals surface area contributed by atoms with Gasteiger partial charge < -0.3 is 5.32 Å². The largest absolute Gasteiger partial charge is 0.311 e. The van der Waals surface area contributed by atoms with Crippen LogP contribution in [0, 0.1) is 0 Å². The Morgan fingerprint density at radius 2 is 2.47 bits per heavy atom. The first-order chi connectivity index (χ1) is 8.28. The molecule has 1 fully saturated rings. The predicted octanol–water partition coefficient (Wildman–Crippen LogP) is 2.19. The van der Waals surface area contributed by atoms with E-state index in [1.807, 2.05) is 0 Å². The molecule has 0 aliphatic carbocycles. The highest BCUT2D eigenvalue weighted by molar-refractivity contribution is 7.99. The van der Waals surface area contributed by atoms with E-state index in [1.165, 1.54) is 29.5 Å². The first-order valence-corrected chi connectivity index (χ1v) is 8.18. The van der Waals surface area contributed by atoms with Crippen LogP contribution in [0.4, 0.5) is 0 Å². The second-order valence-electron chi connectivity index (χ2n) is 4.43. The van der Waals surface area contributed by atoms with E-state index in [0.29, 0.717) is 0 Å². The van der Waals surface area contributed by atoms with E-state index < -0.39 is 0 Å². The zero-order chi connectivity index (χ0) is 12.1. The quantitative estimate of drug-likeness (QED) is 0.888. The van der Waals surface area contributed by atoms with Crippen LogP contribution < -0.4 is 5.32 Å². The average molecular weight is 271 g/mol. The topological polar surface area (TPSA) is 28.2 Å². The number of rotatable bonds is 5. The maximum Gasteiger partial charge on any atom is 0.107 e. The molecule has 0 amide bonds. The van der Waals surface area contributed by atoms with Crippen LogP contribution in [-0.2, 0) is 13.1 Å². The minimum atomic E-state index is 0.767. The predicted molar refractivity (Wildman–Crippen MR) is 76.7 cm³/mol. The molecule has 0 spiro atoms. The van der Waals surface area contributed by atoms with Gasteiger partial charge in [-0.1, -0.05) is 13.8 Å². The van der Waals surface area contributed by atoms with E-state index in [4.69, 9.17) is 0 Å². The van der Waals surface area contributed by atoms with Gasteiger partial charge >= 0.3 is 0 Å². The summed E-state index contributed by atoms with van der Waals surface area (Å²) < 4.78 is 0. The second-order valence-corrected chi connectivity index (χ2v) is 6.92. The third kappa shape index (κ3) is 4.25. The molecule has 1 aliphatic rings. The summed E-state index contributed by atoms with van der Waals surface area (Å²) in [6, 6.07) is 0. The highest BCUT2D eigenvalue weighted by atomic mass is 32.2. The molecule has 5 heteroatoms. The maximum absolute atomic E-state index is 4.67. The SMILES string of the molecule is CCNCc1nc(CN2CCSC(C)C2)cs1. The van der Waals surface area contributed by atoms with E-state index in [9.17, 15) is 0 Å². The monoisotopic (exact) mass is 271 g/mol. The van der Waals surface area contributed by atoms with Crippen LogP contribution in [0.3, 0.4) is 0 Å². The van der Waals surface area contributed by atoms with Crippen LogP contribution in [0.5, 0.6) is 0 Å². The minimum Gasteiger partial charge on any atom is -0.311 e. The summed E-state index contributed by atoms with van der Waals surface area (Å²) in [7, 11) is 0. The summed E-state index contributed by atoms with van der Waals surface area (Å²) >= 11 is 3.85. The maximum atomic E-state index is 4.67. The molecule has 0 aromatic carbocycles. The van der Waals surface area contributed by atoms with Crippen molar-refractivity contribution in [1.82, 2.24) is 15.2 Å². The van der Waals surface area contributed by atoms with Crippen molar-refractivity contribution in [1.29, 1.82) is 0 Å². The van der Waals surface area contributed by atoms with Crippen molar-refractivity contribution in [3.05, 3.63) is 16.1 Å². The number of thioether (sulfide) groups is 1. The zero-order valence-corrected chi connectivity index (χ0v) is 12.2. The molecule has 2 heterocycles. The first kappa shape index (κ1) is 13.3. The zero-order valence-electron chi connectivity index (χ0n) is 10.6. The van der Waals surface area contributed by atoms with Crippen molar-refractivity contribution in [3.63, 3.8) is 0 Å². The van der Waals surface area contributed by atoms with Crippen LogP contribution in [0.1, 0.15) is 24.5 Å². The van der Waals surface area contributed by atoms with Gasteiger partial charge in [0.15, 0.2) is 0 Å². The lowest BCUT2D eigenvalue weighted by molar-refractivity contribution is 0.275. The number of thiazole rings is 1. The van der Waals surface area contributed by atoms with Crippen molar-refractivity contribution in [2.24, 2.45) is 0 Å². The van der Waals surface area contributed by atoms with Crippen molar-refractivity contribution < 1.29 is 0 Å². The number of hydrogen-bond acceptors (Lipinski definition) is 5. The molecule has 1 unspecified atom stereocenters. The Hall–Kier alpha value is -0.100. The fraction of sp³-hybridized carbons (Fsp3) is 0.750. The smallest absolute Gasteiger partial charge is 0.107 e. The van der Waals surface area contributed by atoms with Crippen molar-refractivity contribution in [2.45, 2.75) is 32.2 Å². The normalized spacial score (nSPS) is 21.9. The van der Waals surface area contributed by atoms with E-state index in [2.05, 4.69) is 46.2 Å². The summed E-state index contributed by atoms with van der Waals surface area (Å²) in [5, 5.41) is 7.50. The Morgan fingerprint density at radius 1 is 1.59 bits per heavy atom. The Kier molecular flexibility index (Phi) is 5.28. The van der Waals surface area contributed by atoms with Crippen LogP contribution in [0.25, 0.3) is 0 Å². The summed E-state index contributed by atoms with van der Waals surface area (Å²) in [6.45, 7) is 9.78. The lowest BCUT2D eigenvalue weighted by atomic mass is 10.3. The Bertz CT molecular complexity index is 340. The van der Waals surface area contributed by atoms with Gasteiger partial charge in [0.05, 0.1) is 5.69 Å². The van der Waals surface area contributed by atoms with Gasteiger partial charge in [-0.3, -0.25) is 4.90 Å². The van der Waals surface area contributed by atoms with Crippen molar-refractivity contribution >= 4 is 23.1 Å². The molecule has 17 heavy (non-hydrogen) atoms. The van der Waals surface area contributed by atoms with Gasteiger partial charge in [0, 0.05) is 42.6 Å². The summed E-state index contributed by atoms with van der Waals surface area (Å²) in [5.41, 5.74) is 1.24. The molecule has 1 atom stereocenters. The molecule has 1 N–H and O–H groups in total. The van der Waals surface area contributed by atoms with E-state index in [-0.39, 0.29) is 0 Å². The van der Waals surface area contributed by atoms with Crippen molar-refractivity contribution in [2.75, 3.05) is 25.4 Å². The standard InChI is InChI=1S/C12H21N3S2/c1-3-13-6-12-14-11(9-17-12)8-15-4-5-16-10(2)7-15/h9-10,13H,3-8H2,1-2H3. The van der Waals surface area contributed by atoms with Gasteiger partial charge in [-0.05, 0) is 6.54 Å². The van der Waals surface area contributed by atoms with Crippen LogP contribution >= 0.6 is 23.1 Å². The number of nitrogens with zero attached hydrogens (tertiary/aromatic N) is 2. The molecule has 0 bridgehead atoms. The highest BCUT2D eigenvalue weighted by Gasteiger charge is 2.17. The number of hydrogen-bond donors (Lipinski definition) is 1. The van der Waals surface area contributed by atoms with E-state index in [1.54, 1.807) is 11.3 Å². The van der Waals surface area contributed by atoms with Gasteiger partial charge in [0.1, 0.15) is 5.01 Å². The highest BCUT2D eigenvalue weighted by Crippen LogP contribution is 2.20. The van der Waals surface area contributed by atoms with Crippen LogP contribution in [-0.4, -0.2) is 40.5 Å². The number of nitrogens with one attached hydrogen (secondary N) is 1. The molecular formula is C12H21N3S2. The van der Waals surface area contributed by atoms with Gasteiger partial charge in [-0.2, -0.15) is 11.8 Å². The first-order valence-electron chi connectivity index (χ1n) is 6.26. The summed E-state index contributed by atoms with van der Waals surface area (Å²) in [5.74, 6) is 1.26. The third-order valence-corrected chi connectivity index (χ3v) is 4.87. The molecule has 1 saturated heterocycles. The molecule has 0 radical (unpaired) electrons. The van der Waals surface area contributed by atoms with Gasteiger partial charge in [0.2, 0.25) is 0 Å². The molecule has 1 aromatic heterocycles. The molecular weight excluding hydrogens is 250 g/mol. The summed E-state index contributed by atoms with van der Waals surface area (Å²) in [4.78, 5) is 7.20. The van der Waals surface area contributed by atoms with Crippen LogP contribution in [0.15, 0.2) is 5.38 Å². The van der Waals surface area contributed by atoms with Crippen LogP contribution in [0.2, 0.25) is 0 Å².